The first-order valence-electron chi connectivity index (χ1n) is 6.34. The predicted molar refractivity (Wildman–Crippen MR) is 83.7 cm³/mol. The molecule has 104 valence electrons. The van der Waals surface area contributed by atoms with Gasteiger partial charge in [0.05, 0.1) is 5.56 Å². The van der Waals surface area contributed by atoms with Crippen LogP contribution in [0.1, 0.15) is 28.9 Å². The molecule has 0 heterocycles. The van der Waals surface area contributed by atoms with E-state index in [-0.39, 0.29) is 6.04 Å². The maximum absolute atomic E-state index is 11.2. The Hall–Kier alpha value is -1.94. The molecule has 0 aliphatic heterocycles. The van der Waals surface area contributed by atoms with Gasteiger partial charge in [0.2, 0.25) is 0 Å². The second-order valence-corrected chi connectivity index (χ2v) is 5.37. The third-order valence-electron chi connectivity index (χ3n) is 3.15. The van der Waals surface area contributed by atoms with Crippen LogP contribution < -0.4 is 5.32 Å². The average molecular weight is 287 g/mol. The summed E-state index contributed by atoms with van der Waals surface area (Å²) in [5, 5.41) is 12.4. The van der Waals surface area contributed by atoms with Crippen molar-refractivity contribution in [2.45, 2.75) is 17.9 Å². The molecule has 0 radical (unpaired) electrons. The summed E-state index contributed by atoms with van der Waals surface area (Å²) >= 11 is 1.70. The van der Waals surface area contributed by atoms with Crippen LogP contribution in [0.4, 0.5) is 5.69 Å². The summed E-state index contributed by atoms with van der Waals surface area (Å²) in [5.74, 6) is -0.918. The quantitative estimate of drug-likeness (QED) is 0.806. The van der Waals surface area contributed by atoms with Gasteiger partial charge in [0.15, 0.2) is 0 Å². The van der Waals surface area contributed by atoms with Gasteiger partial charge >= 0.3 is 5.97 Å². The minimum atomic E-state index is -0.918. The molecule has 20 heavy (non-hydrogen) atoms. The van der Waals surface area contributed by atoms with E-state index < -0.39 is 5.97 Å². The van der Waals surface area contributed by atoms with Gasteiger partial charge in [-0.25, -0.2) is 4.79 Å². The molecule has 1 unspecified atom stereocenters. The van der Waals surface area contributed by atoms with E-state index >= 15 is 0 Å². The Labute approximate surface area is 123 Å². The average Bonchev–Trinajstić information content (AvgIpc) is 2.47. The number of carboxylic acid groups (broad SMARTS) is 1. The SMILES string of the molecule is CSc1ccc(C(C)Nc2ccccc2C(=O)O)cc1. The van der Waals surface area contributed by atoms with Crippen LogP contribution >= 0.6 is 11.8 Å². The Morgan fingerprint density at radius 1 is 1.15 bits per heavy atom. The number of benzene rings is 2. The smallest absolute Gasteiger partial charge is 0.337 e. The first-order chi connectivity index (χ1) is 9.61. The van der Waals surface area contributed by atoms with Gasteiger partial charge < -0.3 is 10.4 Å². The van der Waals surface area contributed by atoms with Crippen LogP contribution in [0.2, 0.25) is 0 Å². The van der Waals surface area contributed by atoms with Gasteiger partial charge in [0.1, 0.15) is 0 Å². The van der Waals surface area contributed by atoms with E-state index in [0.717, 1.165) is 5.56 Å². The van der Waals surface area contributed by atoms with Crippen molar-refractivity contribution in [1.82, 2.24) is 0 Å². The molecule has 2 aromatic rings. The lowest BCUT2D eigenvalue weighted by atomic mass is 10.1. The normalized spacial score (nSPS) is 11.9. The molecular weight excluding hydrogens is 270 g/mol. The molecule has 4 heteroatoms. The van der Waals surface area contributed by atoms with Crippen molar-refractivity contribution in [2.24, 2.45) is 0 Å². The molecule has 0 saturated carbocycles. The molecule has 0 saturated heterocycles. The Bertz CT molecular complexity index is 596. The zero-order valence-corrected chi connectivity index (χ0v) is 12.3. The van der Waals surface area contributed by atoms with E-state index in [4.69, 9.17) is 0 Å². The zero-order valence-electron chi connectivity index (χ0n) is 11.5. The highest BCUT2D eigenvalue weighted by molar-refractivity contribution is 7.98. The largest absolute Gasteiger partial charge is 0.478 e. The third kappa shape index (κ3) is 3.33. The Morgan fingerprint density at radius 2 is 1.80 bits per heavy atom. The molecule has 2 N–H and O–H groups in total. The molecule has 2 rings (SSSR count). The number of anilines is 1. The first kappa shape index (κ1) is 14.5. The van der Waals surface area contributed by atoms with Crippen LogP contribution in [-0.2, 0) is 0 Å². The van der Waals surface area contributed by atoms with E-state index in [1.807, 2.05) is 19.2 Å². The van der Waals surface area contributed by atoms with Gasteiger partial charge in [-0.15, -0.1) is 11.8 Å². The van der Waals surface area contributed by atoms with Gasteiger partial charge in [-0.3, -0.25) is 0 Å². The number of hydrogen-bond donors (Lipinski definition) is 2. The van der Waals surface area contributed by atoms with Gasteiger partial charge in [-0.05, 0) is 43.0 Å². The highest BCUT2D eigenvalue weighted by Gasteiger charge is 2.12. The maximum atomic E-state index is 11.2. The Morgan fingerprint density at radius 3 is 2.40 bits per heavy atom. The summed E-state index contributed by atoms with van der Waals surface area (Å²) in [6.45, 7) is 2.02. The first-order valence-corrected chi connectivity index (χ1v) is 7.57. The van der Waals surface area contributed by atoms with Crippen molar-refractivity contribution in [3.05, 3.63) is 59.7 Å². The van der Waals surface area contributed by atoms with Gasteiger partial charge in [0, 0.05) is 16.6 Å². The molecule has 2 aromatic carbocycles. The van der Waals surface area contributed by atoms with Crippen LogP contribution in [0.3, 0.4) is 0 Å². The molecule has 0 fully saturated rings. The van der Waals surface area contributed by atoms with Gasteiger partial charge in [-0.1, -0.05) is 24.3 Å². The number of nitrogens with one attached hydrogen (secondary N) is 1. The summed E-state index contributed by atoms with van der Waals surface area (Å²) in [5.41, 5.74) is 2.06. The van der Waals surface area contributed by atoms with E-state index in [1.54, 1.807) is 30.0 Å². The number of carboxylic acids is 1. The van der Waals surface area contributed by atoms with Crippen LogP contribution in [0.5, 0.6) is 0 Å². The molecule has 0 bridgehead atoms. The lowest BCUT2D eigenvalue weighted by molar-refractivity contribution is 0.0698. The lowest BCUT2D eigenvalue weighted by Gasteiger charge is -2.17. The molecule has 0 spiro atoms. The molecular formula is C16H17NO2S. The van der Waals surface area contributed by atoms with Gasteiger partial charge in [0.25, 0.3) is 0 Å². The predicted octanol–water partition coefficient (Wildman–Crippen LogP) is 4.28. The van der Waals surface area contributed by atoms with Crippen LogP contribution in [0.15, 0.2) is 53.4 Å². The van der Waals surface area contributed by atoms with E-state index in [9.17, 15) is 9.90 Å². The fraction of sp³-hybridized carbons (Fsp3) is 0.188. The summed E-state index contributed by atoms with van der Waals surface area (Å²) in [4.78, 5) is 12.4. The summed E-state index contributed by atoms with van der Waals surface area (Å²) in [6, 6.07) is 15.3. The van der Waals surface area contributed by atoms with Crippen LogP contribution in [0.25, 0.3) is 0 Å². The van der Waals surface area contributed by atoms with Crippen molar-refractivity contribution in [3.63, 3.8) is 0 Å². The van der Waals surface area contributed by atoms with Crippen LogP contribution in [-0.4, -0.2) is 17.3 Å². The summed E-state index contributed by atoms with van der Waals surface area (Å²) in [7, 11) is 0. The molecule has 0 aliphatic carbocycles. The van der Waals surface area contributed by atoms with E-state index in [1.165, 1.54) is 4.90 Å². The second-order valence-electron chi connectivity index (χ2n) is 4.49. The van der Waals surface area contributed by atoms with E-state index in [2.05, 4.69) is 29.6 Å². The second kappa shape index (κ2) is 6.48. The van der Waals surface area contributed by atoms with Crippen LogP contribution in [0, 0.1) is 0 Å². The van der Waals surface area contributed by atoms with Crippen molar-refractivity contribution in [3.8, 4) is 0 Å². The third-order valence-corrected chi connectivity index (χ3v) is 3.89. The highest BCUT2D eigenvalue weighted by atomic mass is 32.2. The standard InChI is InChI=1S/C16H17NO2S/c1-11(12-7-9-13(20-2)10-8-12)17-15-6-4-3-5-14(15)16(18)19/h3-11,17H,1-2H3,(H,18,19). The Kier molecular flexibility index (Phi) is 4.69. The minimum absolute atomic E-state index is 0.0476. The zero-order chi connectivity index (χ0) is 14.5. The number of aromatic carboxylic acids is 1. The number of para-hydroxylation sites is 1. The number of hydrogen-bond acceptors (Lipinski definition) is 3. The number of thioether (sulfide) groups is 1. The molecule has 0 amide bonds. The highest BCUT2D eigenvalue weighted by Crippen LogP contribution is 2.24. The van der Waals surface area contributed by atoms with Crippen molar-refractivity contribution in [1.29, 1.82) is 0 Å². The minimum Gasteiger partial charge on any atom is -0.478 e. The summed E-state index contributed by atoms with van der Waals surface area (Å²) in [6.07, 6.45) is 2.04. The fourth-order valence-electron chi connectivity index (χ4n) is 2.00. The molecule has 0 aromatic heterocycles. The van der Waals surface area contributed by atoms with Crippen molar-refractivity contribution in [2.75, 3.05) is 11.6 Å². The lowest BCUT2D eigenvalue weighted by Crippen LogP contribution is -2.10. The Balaban J connectivity index is 2.18. The van der Waals surface area contributed by atoms with E-state index in [0.29, 0.717) is 11.3 Å². The summed E-state index contributed by atoms with van der Waals surface area (Å²) < 4.78 is 0. The maximum Gasteiger partial charge on any atom is 0.337 e. The van der Waals surface area contributed by atoms with Crippen molar-refractivity contribution < 1.29 is 9.90 Å². The topological polar surface area (TPSA) is 49.3 Å². The number of rotatable bonds is 5. The van der Waals surface area contributed by atoms with Gasteiger partial charge in [-0.2, -0.15) is 0 Å². The number of carbonyl (C=O) groups is 1. The fourth-order valence-corrected chi connectivity index (χ4v) is 2.41. The van der Waals surface area contributed by atoms with Crippen molar-refractivity contribution >= 4 is 23.4 Å². The molecule has 3 nitrogen and oxygen atoms in total. The molecule has 0 aliphatic rings. The molecule has 1 atom stereocenters. The monoisotopic (exact) mass is 287 g/mol.